The largest absolute Gasteiger partial charge is 0.324 e. The van der Waals surface area contributed by atoms with Crippen LogP contribution in [0.4, 0.5) is 5.69 Å². The standard InChI is InChI=1S/C20H25N3O3/c1-4-5-10-23-17(24)14-15(18(23)25)20(22-16(14)11(2)3)12-8-6-7-9-13(12)21-19(20)26/h6-9,11,14-16,22H,4-5,10H2,1-3H3,(H,21,26)/t14-,15-,16?,20?/m1/s1. The topological polar surface area (TPSA) is 78.5 Å². The van der Waals surface area contributed by atoms with Crippen LogP contribution in [0, 0.1) is 17.8 Å². The Hall–Kier alpha value is -2.21. The summed E-state index contributed by atoms with van der Waals surface area (Å²) < 4.78 is 0. The number of hydrogen-bond acceptors (Lipinski definition) is 4. The quantitative estimate of drug-likeness (QED) is 0.808. The molecule has 26 heavy (non-hydrogen) atoms. The molecule has 4 atom stereocenters. The average Bonchev–Trinajstić information content (AvgIpc) is 3.20. The summed E-state index contributed by atoms with van der Waals surface area (Å²) in [6.45, 7) is 6.52. The van der Waals surface area contributed by atoms with Crippen molar-refractivity contribution in [1.82, 2.24) is 10.2 Å². The Labute approximate surface area is 153 Å². The van der Waals surface area contributed by atoms with Gasteiger partial charge in [-0.3, -0.25) is 24.6 Å². The molecule has 2 saturated heterocycles. The van der Waals surface area contributed by atoms with Crippen molar-refractivity contribution in [2.45, 2.75) is 45.2 Å². The Morgan fingerprint density at radius 2 is 1.88 bits per heavy atom. The number of likely N-dealkylation sites (tertiary alicyclic amines) is 1. The molecule has 6 heteroatoms. The molecule has 1 aromatic rings. The second-order valence-electron chi connectivity index (χ2n) is 7.91. The third kappa shape index (κ3) is 2.05. The van der Waals surface area contributed by atoms with Crippen LogP contribution in [0.3, 0.4) is 0 Å². The first-order chi connectivity index (χ1) is 12.4. The van der Waals surface area contributed by atoms with Crippen molar-refractivity contribution in [3.63, 3.8) is 0 Å². The van der Waals surface area contributed by atoms with Crippen LogP contribution >= 0.6 is 0 Å². The Kier molecular flexibility index (Phi) is 3.91. The van der Waals surface area contributed by atoms with Crippen molar-refractivity contribution < 1.29 is 14.4 Å². The molecule has 2 fully saturated rings. The molecular formula is C20H25N3O3. The van der Waals surface area contributed by atoms with Gasteiger partial charge in [-0.15, -0.1) is 0 Å². The SMILES string of the molecule is CCCCN1C(=O)[C@H]2C(C(C)C)NC3(C(=O)Nc4ccccc43)[C@H]2C1=O. The molecule has 3 aliphatic rings. The highest BCUT2D eigenvalue weighted by Gasteiger charge is 2.70. The van der Waals surface area contributed by atoms with E-state index in [1.54, 1.807) is 0 Å². The van der Waals surface area contributed by atoms with Crippen molar-refractivity contribution in [2.24, 2.45) is 17.8 Å². The number of para-hydroxylation sites is 1. The average molecular weight is 355 g/mol. The highest BCUT2D eigenvalue weighted by Crippen LogP contribution is 2.53. The Morgan fingerprint density at radius 1 is 1.15 bits per heavy atom. The number of rotatable bonds is 4. The lowest BCUT2D eigenvalue weighted by Gasteiger charge is -2.30. The molecule has 6 nitrogen and oxygen atoms in total. The van der Waals surface area contributed by atoms with Crippen LogP contribution in [0.1, 0.15) is 39.2 Å². The number of benzene rings is 1. The Morgan fingerprint density at radius 3 is 2.58 bits per heavy atom. The summed E-state index contributed by atoms with van der Waals surface area (Å²) >= 11 is 0. The predicted molar refractivity (Wildman–Crippen MR) is 97.1 cm³/mol. The Balaban J connectivity index is 1.85. The first kappa shape index (κ1) is 17.2. The summed E-state index contributed by atoms with van der Waals surface area (Å²) in [6.07, 6.45) is 1.69. The summed E-state index contributed by atoms with van der Waals surface area (Å²) in [5, 5.41) is 6.34. The number of unbranched alkanes of at least 4 members (excludes halogenated alkanes) is 1. The van der Waals surface area contributed by atoms with E-state index in [4.69, 9.17) is 0 Å². The first-order valence-corrected chi connectivity index (χ1v) is 9.47. The fourth-order valence-electron chi connectivity index (χ4n) is 4.86. The number of fused-ring (bicyclic) bond motifs is 4. The number of imide groups is 1. The van der Waals surface area contributed by atoms with Gasteiger partial charge in [0, 0.05) is 23.8 Å². The molecule has 2 unspecified atom stereocenters. The van der Waals surface area contributed by atoms with Crippen LogP contribution in [0.15, 0.2) is 24.3 Å². The second-order valence-corrected chi connectivity index (χ2v) is 7.91. The van der Waals surface area contributed by atoms with Crippen molar-refractivity contribution in [3.05, 3.63) is 29.8 Å². The van der Waals surface area contributed by atoms with Gasteiger partial charge < -0.3 is 5.32 Å². The summed E-state index contributed by atoms with van der Waals surface area (Å²) in [7, 11) is 0. The number of carbonyl (C=O) groups excluding carboxylic acids is 3. The zero-order valence-corrected chi connectivity index (χ0v) is 15.4. The molecule has 3 aliphatic heterocycles. The summed E-state index contributed by atoms with van der Waals surface area (Å²) in [4.78, 5) is 40.9. The number of carbonyl (C=O) groups is 3. The molecule has 138 valence electrons. The molecular weight excluding hydrogens is 330 g/mol. The number of nitrogens with one attached hydrogen (secondary N) is 2. The second kappa shape index (κ2) is 5.91. The Bertz CT molecular complexity index is 790. The molecule has 0 bridgehead atoms. The molecule has 0 aromatic heterocycles. The van der Waals surface area contributed by atoms with E-state index < -0.39 is 17.4 Å². The van der Waals surface area contributed by atoms with Crippen LogP contribution in [0.25, 0.3) is 0 Å². The molecule has 2 N–H and O–H groups in total. The van der Waals surface area contributed by atoms with E-state index in [9.17, 15) is 14.4 Å². The van der Waals surface area contributed by atoms with Crippen molar-refractivity contribution in [3.8, 4) is 0 Å². The van der Waals surface area contributed by atoms with Crippen LogP contribution < -0.4 is 10.6 Å². The van der Waals surface area contributed by atoms with Crippen molar-refractivity contribution in [2.75, 3.05) is 11.9 Å². The van der Waals surface area contributed by atoms with E-state index in [0.717, 1.165) is 24.1 Å². The van der Waals surface area contributed by atoms with Gasteiger partial charge in [-0.05, 0) is 18.4 Å². The zero-order chi connectivity index (χ0) is 18.6. The van der Waals surface area contributed by atoms with Gasteiger partial charge in [0.1, 0.15) is 5.54 Å². The summed E-state index contributed by atoms with van der Waals surface area (Å²) in [6, 6.07) is 7.25. The summed E-state index contributed by atoms with van der Waals surface area (Å²) in [5.41, 5.74) is 0.353. The molecule has 1 aromatic carbocycles. The van der Waals surface area contributed by atoms with E-state index in [0.29, 0.717) is 6.54 Å². The lowest BCUT2D eigenvalue weighted by Crippen LogP contribution is -2.54. The third-order valence-corrected chi connectivity index (χ3v) is 6.10. The zero-order valence-electron chi connectivity index (χ0n) is 15.4. The van der Waals surface area contributed by atoms with E-state index in [1.165, 1.54) is 4.90 Å². The highest BCUT2D eigenvalue weighted by atomic mass is 16.2. The van der Waals surface area contributed by atoms with E-state index >= 15 is 0 Å². The van der Waals surface area contributed by atoms with E-state index in [-0.39, 0.29) is 29.7 Å². The van der Waals surface area contributed by atoms with Crippen LogP contribution in [0.2, 0.25) is 0 Å². The maximum atomic E-state index is 13.3. The van der Waals surface area contributed by atoms with Gasteiger partial charge in [0.25, 0.3) is 0 Å². The van der Waals surface area contributed by atoms with Gasteiger partial charge >= 0.3 is 0 Å². The molecule has 0 aliphatic carbocycles. The predicted octanol–water partition coefficient (Wildman–Crippen LogP) is 1.86. The number of hydrogen-bond donors (Lipinski definition) is 2. The third-order valence-electron chi connectivity index (χ3n) is 6.10. The smallest absolute Gasteiger partial charge is 0.250 e. The summed E-state index contributed by atoms with van der Waals surface area (Å²) in [5.74, 6) is -1.61. The normalized spacial score (nSPS) is 32.5. The minimum Gasteiger partial charge on any atom is -0.324 e. The minimum atomic E-state index is -1.15. The van der Waals surface area contributed by atoms with Gasteiger partial charge in [-0.25, -0.2) is 0 Å². The molecule has 3 heterocycles. The minimum absolute atomic E-state index is 0.130. The lowest BCUT2D eigenvalue weighted by molar-refractivity contribution is -0.143. The highest BCUT2D eigenvalue weighted by molar-refractivity contribution is 6.15. The van der Waals surface area contributed by atoms with Gasteiger partial charge in [0.2, 0.25) is 17.7 Å². The van der Waals surface area contributed by atoms with Crippen LogP contribution in [-0.2, 0) is 19.9 Å². The maximum absolute atomic E-state index is 13.3. The maximum Gasteiger partial charge on any atom is 0.250 e. The molecule has 3 amide bonds. The van der Waals surface area contributed by atoms with Gasteiger partial charge in [0.05, 0.1) is 11.8 Å². The van der Waals surface area contributed by atoms with Crippen LogP contribution in [0.5, 0.6) is 0 Å². The van der Waals surface area contributed by atoms with Gasteiger partial charge in [0.15, 0.2) is 0 Å². The van der Waals surface area contributed by atoms with Crippen LogP contribution in [-0.4, -0.2) is 35.2 Å². The first-order valence-electron chi connectivity index (χ1n) is 9.47. The molecule has 1 spiro atoms. The van der Waals surface area contributed by atoms with E-state index in [2.05, 4.69) is 10.6 Å². The van der Waals surface area contributed by atoms with Gasteiger partial charge in [-0.1, -0.05) is 45.4 Å². The fraction of sp³-hybridized carbons (Fsp3) is 0.550. The molecule has 4 rings (SSSR count). The number of nitrogens with zero attached hydrogens (tertiary/aromatic N) is 1. The van der Waals surface area contributed by atoms with Gasteiger partial charge in [-0.2, -0.15) is 0 Å². The number of amides is 3. The van der Waals surface area contributed by atoms with Crippen molar-refractivity contribution in [1.29, 1.82) is 0 Å². The monoisotopic (exact) mass is 355 g/mol. The molecule has 0 radical (unpaired) electrons. The molecule has 0 saturated carbocycles. The van der Waals surface area contributed by atoms with E-state index in [1.807, 2.05) is 45.0 Å². The number of anilines is 1. The fourth-order valence-corrected chi connectivity index (χ4v) is 4.86. The van der Waals surface area contributed by atoms with Crippen molar-refractivity contribution >= 4 is 23.4 Å². The lowest BCUT2D eigenvalue weighted by atomic mass is 9.76.